The number of carbonyl (C=O) groups is 2. The molecule has 0 saturated carbocycles. The monoisotopic (exact) mass is 389 g/mol. The van der Waals surface area contributed by atoms with Crippen molar-refractivity contribution in [3.05, 3.63) is 40.7 Å². The number of hydrogen-bond acceptors (Lipinski definition) is 4. The van der Waals surface area contributed by atoms with Crippen molar-refractivity contribution in [1.29, 1.82) is 0 Å². The van der Waals surface area contributed by atoms with Gasteiger partial charge in [-0.15, -0.1) is 0 Å². The van der Waals surface area contributed by atoms with Gasteiger partial charge < -0.3 is 15.2 Å². The molecule has 0 spiro atoms. The predicted octanol–water partition coefficient (Wildman–Crippen LogP) is 3.59. The quantitative estimate of drug-likeness (QED) is 0.773. The summed E-state index contributed by atoms with van der Waals surface area (Å²) in [6, 6.07) is 2.68. The Morgan fingerprint density at radius 1 is 1.46 bits per heavy atom. The van der Waals surface area contributed by atoms with Crippen molar-refractivity contribution >= 4 is 11.7 Å². The highest BCUT2D eigenvalue weighted by molar-refractivity contribution is 5.96. The topological polar surface area (TPSA) is 78.6 Å². The third-order valence-electron chi connectivity index (χ3n) is 6.14. The lowest BCUT2D eigenvalue weighted by Gasteiger charge is -2.41. The second kappa shape index (κ2) is 8.03. The predicted molar refractivity (Wildman–Crippen MR) is 104 cm³/mol. The fraction of sp³-hybridized carbons (Fsp3) is 0.545. The maximum atomic E-state index is 14.7. The summed E-state index contributed by atoms with van der Waals surface area (Å²) in [6.45, 7) is 4.65. The SMILES string of the molecule is CCC[C@H]1C[C@]2(C(C)Cc3cc(C(N)=O)c(OC)cc3F)OCCC2=CC1=O. The highest BCUT2D eigenvalue weighted by atomic mass is 19.1. The highest BCUT2D eigenvalue weighted by Crippen LogP contribution is 2.47. The Labute approximate surface area is 165 Å². The van der Waals surface area contributed by atoms with Gasteiger partial charge in [-0.05, 0) is 54.9 Å². The zero-order chi connectivity index (χ0) is 20.5. The summed E-state index contributed by atoms with van der Waals surface area (Å²) < 4.78 is 25.9. The van der Waals surface area contributed by atoms with E-state index in [-0.39, 0.29) is 28.9 Å². The first-order valence-electron chi connectivity index (χ1n) is 9.87. The van der Waals surface area contributed by atoms with E-state index < -0.39 is 17.3 Å². The van der Waals surface area contributed by atoms with Gasteiger partial charge in [0.15, 0.2) is 5.78 Å². The fourth-order valence-electron chi connectivity index (χ4n) is 4.65. The molecule has 152 valence electrons. The first kappa shape index (κ1) is 20.5. The van der Waals surface area contributed by atoms with Crippen LogP contribution in [0.25, 0.3) is 0 Å². The van der Waals surface area contributed by atoms with Crippen molar-refractivity contribution in [3.63, 3.8) is 0 Å². The van der Waals surface area contributed by atoms with Gasteiger partial charge in [0.25, 0.3) is 5.91 Å². The number of nitrogens with two attached hydrogens (primary N) is 1. The minimum atomic E-state index is -0.659. The maximum absolute atomic E-state index is 14.7. The Morgan fingerprint density at radius 2 is 2.21 bits per heavy atom. The van der Waals surface area contributed by atoms with Crippen LogP contribution >= 0.6 is 0 Å². The Balaban J connectivity index is 1.93. The van der Waals surface area contributed by atoms with Gasteiger partial charge >= 0.3 is 0 Å². The highest BCUT2D eigenvalue weighted by Gasteiger charge is 2.49. The molecule has 1 aliphatic carbocycles. The second-order valence-electron chi connectivity index (χ2n) is 7.86. The van der Waals surface area contributed by atoms with Crippen LogP contribution < -0.4 is 10.5 Å². The van der Waals surface area contributed by atoms with Crippen molar-refractivity contribution in [2.24, 2.45) is 17.6 Å². The molecule has 1 aromatic carbocycles. The molecule has 0 aromatic heterocycles. The molecule has 1 aromatic rings. The average molecular weight is 389 g/mol. The summed E-state index contributed by atoms with van der Waals surface area (Å²) in [5.74, 6) is -0.910. The zero-order valence-electron chi connectivity index (χ0n) is 16.7. The average Bonchev–Trinajstić information content (AvgIpc) is 3.07. The van der Waals surface area contributed by atoms with Gasteiger partial charge in [0.2, 0.25) is 0 Å². The van der Waals surface area contributed by atoms with Crippen LogP contribution in [0.3, 0.4) is 0 Å². The summed E-state index contributed by atoms with van der Waals surface area (Å²) in [7, 11) is 1.37. The van der Waals surface area contributed by atoms with E-state index in [0.29, 0.717) is 25.0 Å². The molecule has 6 heteroatoms. The number of ketones is 1. The van der Waals surface area contributed by atoms with Gasteiger partial charge in [0.05, 0.1) is 24.9 Å². The standard InChI is InChI=1S/C22H28FNO4/c1-4-5-14-12-22(16(6-7-28-22)10-19(14)25)13(2)8-15-9-17(21(24)26)20(27-3)11-18(15)23/h9-11,13-14H,4-8,12H2,1-3H3,(H2,24,26)/t13?,14-,22+/m0/s1. The van der Waals surface area contributed by atoms with E-state index >= 15 is 0 Å². The van der Waals surface area contributed by atoms with Crippen molar-refractivity contribution in [3.8, 4) is 5.75 Å². The number of ether oxygens (including phenoxy) is 2. The lowest BCUT2D eigenvalue weighted by molar-refractivity contribution is -0.123. The number of halogens is 1. The van der Waals surface area contributed by atoms with Crippen LogP contribution in [0.2, 0.25) is 0 Å². The first-order valence-corrected chi connectivity index (χ1v) is 9.87. The maximum Gasteiger partial charge on any atom is 0.252 e. The smallest absolute Gasteiger partial charge is 0.252 e. The van der Waals surface area contributed by atoms with E-state index in [1.807, 2.05) is 6.92 Å². The van der Waals surface area contributed by atoms with Gasteiger partial charge in [-0.25, -0.2) is 4.39 Å². The Hall–Kier alpha value is -2.21. The lowest BCUT2D eigenvalue weighted by atomic mass is 9.68. The molecule has 2 aliphatic rings. The van der Waals surface area contributed by atoms with E-state index in [1.54, 1.807) is 6.08 Å². The van der Waals surface area contributed by atoms with Crippen LogP contribution in [0.5, 0.6) is 5.75 Å². The van der Waals surface area contributed by atoms with Gasteiger partial charge in [-0.3, -0.25) is 9.59 Å². The molecule has 0 radical (unpaired) electrons. The molecule has 5 nitrogen and oxygen atoms in total. The van der Waals surface area contributed by atoms with E-state index in [2.05, 4.69) is 6.92 Å². The van der Waals surface area contributed by atoms with Crippen molar-refractivity contribution in [2.45, 2.75) is 51.6 Å². The fourth-order valence-corrected chi connectivity index (χ4v) is 4.65. The molecule has 1 heterocycles. The van der Waals surface area contributed by atoms with Crippen molar-refractivity contribution in [1.82, 2.24) is 0 Å². The number of rotatable bonds is 7. The van der Waals surface area contributed by atoms with Crippen molar-refractivity contribution in [2.75, 3.05) is 13.7 Å². The minimum absolute atomic E-state index is 0.0580. The van der Waals surface area contributed by atoms with Gasteiger partial charge in [0.1, 0.15) is 11.6 Å². The molecular weight excluding hydrogens is 361 g/mol. The van der Waals surface area contributed by atoms with E-state index in [9.17, 15) is 14.0 Å². The molecule has 1 saturated heterocycles. The molecule has 0 bridgehead atoms. The van der Waals surface area contributed by atoms with Crippen LogP contribution in [-0.4, -0.2) is 31.0 Å². The van der Waals surface area contributed by atoms with Crippen LogP contribution in [0, 0.1) is 17.7 Å². The molecule has 1 unspecified atom stereocenters. The molecule has 3 rings (SSSR count). The second-order valence-corrected chi connectivity index (χ2v) is 7.86. The number of carbonyl (C=O) groups excluding carboxylic acids is 2. The summed E-state index contributed by atoms with van der Waals surface area (Å²) in [5, 5.41) is 0. The van der Waals surface area contributed by atoms with Crippen LogP contribution in [0.1, 0.15) is 55.5 Å². The van der Waals surface area contributed by atoms with E-state index in [1.165, 1.54) is 19.2 Å². The summed E-state index contributed by atoms with van der Waals surface area (Å²) in [4.78, 5) is 24.1. The molecule has 3 atom stereocenters. The molecule has 28 heavy (non-hydrogen) atoms. The van der Waals surface area contributed by atoms with Gasteiger partial charge in [-0.2, -0.15) is 0 Å². The summed E-state index contributed by atoms with van der Waals surface area (Å²) in [5.41, 5.74) is 6.45. The molecular formula is C22H28FNO4. The molecule has 1 aliphatic heterocycles. The minimum Gasteiger partial charge on any atom is -0.496 e. The number of primary amides is 1. The Bertz CT molecular complexity index is 819. The first-order chi connectivity index (χ1) is 13.3. The molecule has 2 N–H and O–H groups in total. The number of methoxy groups -OCH3 is 1. The largest absolute Gasteiger partial charge is 0.496 e. The van der Waals surface area contributed by atoms with Gasteiger partial charge in [-0.1, -0.05) is 20.3 Å². The number of amides is 1. The van der Waals surface area contributed by atoms with E-state index in [0.717, 1.165) is 24.8 Å². The van der Waals surface area contributed by atoms with Crippen LogP contribution in [0.4, 0.5) is 4.39 Å². The van der Waals surface area contributed by atoms with Crippen LogP contribution in [-0.2, 0) is 16.0 Å². The summed E-state index contributed by atoms with van der Waals surface area (Å²) >= 11 is 0. The third-order valence-corrected chi connectivity index (χ3v) is 6.14. The number of fused-ring (bicyclic) bond motifs is 1. The Morgan fingerprint density at radius 3 is 2.86 bits per heavy atom. The Kier molecular flexibility index (Phi) is 5.89. The van der Waals surface area contributed by atoms with Crippen LogP contribution in [0.15, 0.2) is 23.8 Å². The molecule has 1 fully saturated rings. The van der Waals surface area contributed by atoms with E-state index in [4.69, 9.17) is 15.2 Å². The van der Waals surface area contributed by atoms with Crippen molar-refractivity contribution < 1.29 is 23.5 Å². The van der Waals surface area contributed by atoms with Gasteiger partial charge in [0, 0.05) is 12.0 Å². The number of allylic oxidation sites excluding steroid dienone is 1. The summed E-state index contributed by atoms with van der Waals surface area (Å²) in [6.07, 6.45) is 5.25. The zero-order valence-corrected chi connectivity index (χ0v) is 16.7. The lowest BCUT2D eigenvalue weighted by Crippen LogP contribution is -2.44. The number of hydrogen-bond donors (Lipinski definition) is 1. The normalized spacial score (nSPS) is 25.2. The molecule has 1 amide bonds. The third kappa shape index (κ3) is 3.58. The number of benzene rings is 1.